The zero-order valence-corrected chi connectivity index (χ0v) is 9.72. The van der Waals surface area contributed by atoms with Crippen molar-refractivity contribution in [2.75, 3.05) is 19.3 Å². The summed E-state index contributed by atoms with van der Waals surface area (Å²) in [6.45, 7) is 7.78. The Hall–Kier alpha value is -0.353. The quantitative estimate of drug-likeness (QED) is 0.535. The Morgan fingerprint density at radius 3 is 2.85 bits per heavy atom. The van der Waals surface area contributed by atoms with Crippen LogP contribution in [-0.2, 0) is 9.53 Å². The molecule has 0 aromatic carbocycles. The van der Waals surface area contributed by atoms with Crippen LogP contribution in [0.15, 0.2) is 0 Å². The lowest BCUT2D eigenvalue weighted by atomic mass is 10.2. The number of nitrogens with one attached hydrogen (secondary N) is 1. The lowest BCUT2D eigenvalue weighted by Crippen LogP contribution is -2.51. The van der Waals surface area contributed by atoms with Crippen molar-refractivity contribution in [3.05, 3.63) is 0 Å². The molecule has 1 aliphatic rings. The molecule has 0 bridgehead atoms. The van der Waals surface area contributed by atoms with Crippen molar-refractivity contribution in [3.8, 4) is 0 Å². The van der Waals surface area contributed by atoms with Gasteiger partial charge in [0.25, 0.3) is 0 Å². The van der Waals surface area contributed by atoms with Gasteiger partial charge < -0.3 is 10.1 Å². The Morgan fingerprint density at radius 2 is 2.31 bits per heavy atom. The van der Waals surface area contributed by atoms with Gasteiger partial charge in [0.05, 0.1) is 20.6 Å². The predicted molar refractivity (Wildman–Crippen MR) is 55.3 cm³/mol. The minimum Gasteiger partial charge on any atom is -0.466 e. The van der Waals surface area contributed by atoms with Crippen molar-refractivity contribution in [3.63, 3.8) is 0 Å². The zero-order valence-electron chi connectivity index (χ0n) is 8.72. The molecule has 0 amide bonds. The van der Waals surface area contributed by atoms with E-state index in [1.807, 2.05) is 6.92 Å². The number of ether oxygens (including phenoxy) is 1. The summed E-state index contributed by atoms with van der Waals surface area (Å²) in [6, 6.07) is 1.07. The molecule has 1 aliphatic heterocycles. The third-order valence-corrected chi connectivity index (χ3v) is 5.22. The van der Waals surface area contributed by atoms with Gasteiger partial charge in [-0.1, -0.05) is 13.1 Å². The molecule has 0 aromatic rings. The highest BCUT2D eigenvalue weighted by Crippen LogP contribution is 2.21. The average molecular weight is 201 g/mol. The fraction of sp³-hybridized carbons (Fsp3) is 0.889. The van der Waals surface area contributed by atoms with Crippen LogP contribution in [0.25, 0.3) is 0 Å². The fourth-order valence-corrected chi connectivity index (χ4v) is 4.43. The molecule has 4 heteroatoms. The molecule has 0 aromatic heterocycles. The maximum Gasteiger partial charge on any atom is 0.309 e. The van der Waals surface area contributed by atoms with Crippen LogP contribution < -0.4 is 5.32 Å². The molecule has 3 nitrogen and oxygen atoms in total. The van der Waals surface area contributed by atoms with Crippen LogP contribution in [0, 0.1) is 5.92 Å². The number of carbonyl (C=O) groups is 1. The van der Waals surface area contributed by atoms with Crippen molar-refractivity contribution in [2.45, 2.75) is 26.1 Å². The van der Waals surface area contributed by atoms with E-state index in [1.165, 1.54) is 0 Å². The molecule has 1 fully saturated rings. The van der Waals surface area contributed by atoms with Crippen molar-refractivity contribution < 1.29 is 9.53 Å². The largest absolute Gasteiger partial charge is 0.466 e. The number of hydrogen-bond acceptors (Lipinski definition) is 3. The van der Waals surface area contributed by atoms with E-state index >= 15 is 0 Å². The first-order valence-electron chi connectivity index (χ1n) is 4.92. The number of rotatable bonds is 2. The second-order valence-corrected chi connectivity index (χ2v) is 9.54. The van der Waals surface area contributed by atoms with E-state index in [4.69, 9.17) is 4.74 Å². The molecule has 1 rings (SSSR count). The Bertz CT molecular complexity index is 194. The van der Waals surface area contributed by atoms with Crippen LogP contribution in [0.2, 0.25) is 19.1 Å². The Morgan fingerprint density at radius 1 is 1.62 bits per heavy atom. The van der Waals surface area contributed by atoms with E-state index in [2.05, 4.69) is 18.4 Å². The van der Waals surface area contributed by atoms with Gasteiger partial charge in [0.1, 0.15) is 0 Å². The first-order valence-corrected chi connectivity index (χ1v) is 8.34. The molecule has 76 valence electrons. The van der Waals surface area contributed by atoms with E-state index in [9.17, 15) is 4.79 Å². The molecule has 1 N–H and O–H groups in total. The van der Waals surface area contributed by atoms with Gasteiger partial charge in [-0.2, -0.15) is 0 Å². The SMILES string of the molecule is CCOC(=O)C1CNC[Si](C)(C)C1. The second kappa shape index (κ2) is 4.24. The van der Waals surface area contributed by atoms with Crippen LogP contribution in [0.4, 0.5) is 0 Å². The fourth-order valence-electron chi connectivity index (χ4n) is 1.82. The van der Waals surface area contributed by atoms with Gasteiger partial charge >= 0.3 is 5.97 Å². The van der Waals surface area contributed by atoms with Crippen LogP contribution in [0.1, 0.15) is 6.92 Å². The predicted octanol–water partition coefficient (Wildman–Crippen LogP) is 1.02. The third-order valence-electron chi connectivity index (χ3n) is 2.41. The number of hydrogen-bond donors (Lipinski definition) is 1. The van der Waals surface area contributed by atoms with E-state index in [0.29, 0.717) is 6.61 Å². The maximum atomic E-state index is 11.4. The smallest absolute Gasteiger partial charge is 0.309 e. The molecular formula is C9H19NO2Si. The summed E-state index contributed by atoms with van der Waals surface area (Å²) in [4.78, 5) is 11.4. The first kappa shape index (κ1) is 10.7. The highest BCUT2D eigenvalue weighted by molar-refractivity contribution is 6.78. The van der Waals surface area contributed by atoms with Crippen molar-refractivity contribution in [1.29, 1.82) is 0 Å². The molecular weight excluding hydrogens is 182 g/mol. The highest BCUT2D eigenvalue weighted by Gasteiger charge is 2.33. The van der Waals surface area contributed by atoms with Gasteiger partial charge in [-0.05, 0) is 19.1 Å². The first-order chi connectivity index (χ1) is 6.05. The lowest BCUT2D eigenvalue weighted by Gasteiger charge is -2.32. The van der Waals surface area contributed by atoms with Gasteiger partial charge in [0.15, 0.2) is 0 Å². The molecule has 0 saturated carbocycles. The van der Waals surface area contributed by atoms with E-state index in [-0.39, 0.29) is 11.9 Å². The van der Waals surface area contributed by atoms with Gasteiger partial charge in [0.2, 0.25) is 0 Å². The molecule has 1 atom stereocenters. The molecule has 1 unspecified atom stereocenters. The van der Waals surface area contributed by atoms with Crippen LogP contribution in [-0.4, -0.2) is 33.4 Å². The van der Waals surface area contributed by atoms with E-state index in [1.54, 1.807) is 0 Å². The summed E-state index contributed by atoms with van der Waals surface area (Å²) >= 11 is 0. The monoisotopic (exact) mass is 201 g/mol. The number of carbonyl (C=O) groups excluding carboxylic acids is 1. The lowest BCUT2D eigenvalue weighted by molar-refractivity contribution is -0.147. The van der Waals surface area contributed by atoms with Gasteiger partial charge in [0, 0.05) is 6.54 Å². The van der Waals surface area contributed by atoms with Crippen LogP contribution >= 0.6 is 0 Å². The highest BCUT2D eigenvalue weighted by atomic mass is 28.3. The summed E-state index contributed by atoms with van der Waals surface area (Å²) in [5, 5.41) is 3.33. The van der Waals surface area contributed by atoms with Crippen molar-refractivity contribution in [2.24, 2.45) is 5.92 Å². The third kappa shape index (κ3) is 3.12. The Labute approximate surface area is 80.9 Å². The zero-order chi connectivity index (χ0) is 9.90. The number of esters is 1. The summed E-state index contributed by atoms with van der Waals surface area (Å²) in [7, 11) is -1.16. The minimum atomic E-state index is -1.16. The van der Waals surface area contributed by atoms with Crippen LogP contribution in [0.3, 0.4) is 0 Å². The standard InChI is InChI=1S/C9H19NO2Si/c1-4-12-9(11)8-5-10-7-13(2,3)6-8/h8,10H,4-7H2,1-3H3. The van der Waals surface area contributed by atoms with Crippen molar-refractivity contribution in [1.82, 2.24) is 5.32 Å². The van der Waals surface area contributed by atoms with Gasteiger partial charge in [-0.15, -0.1) is 0 Å². The minimum absolute atomic E-state index is 0.0183. The Balaban J connectivity index is 2.47. The molecule has 0 aliphatic carbocycles. The molecule has 1 saturated heterocycles. The second-order valence-electron chi connectivity index (χ2n) is 4.45. The van der Waals surface area contributed by atoms with Crippen molar-refractivity contribution >= 4 is 14.0 Å². The average Bonchev–Trinajstić information content (AvgIpc) is 2.03. The molecule has 0 radical (unpaired) electrons. The summed E-state index contributed by atoms with van der Waals surface area (Å²) in [5.41, 5.74) is 0. The maximum absolute atomic E-state index is 11.4. The van der Waals surface area contributed by atoms with Gasteiger partial charge in [-0.25, -0.2) is 0 Å². The summed E-state index contributed by atoms with van der Waals surface area (Å²) in [5.74, 6) is 0.0886. The summed E-state index contributed by atoms with van der Waals surface area (Å²) in [6.07, 6.45) is 1.13. The van der Waals surface area contributed by atoms with Crippen LogP contribution in [0.5, 0.6) is 0 Å². The topological polar surface area (TPSA) is 38.3 Å². The molecule has 0 spiro atoms. The molecule has 1 heterocycles. The van der Waals surface area contributed by atoms with E-state index in [0.717, 1.165) is 18.8 Å². The van der Waals surface area contributed by atoms with Gasteiger partial charge in [-0.3, -0.25) is 4.79 Å². The normalized spacial score (nSPS) is 26.8. The molecule has 13 heavy (non-hydrogen) atoms. The van der Waals surface area contributed by atoms with E-state index < -0.39 is 8.07 Å². The summed E-state index contributed by atoms with van der Waals surface area (Å²) < 4.78 is 5.02. The Kier molecular flexibility index (Phi) is 3.50.